The Kier molecular flexibility index (Phi) is 8.73. The summed E-state index contributed by atoms with van der Waals surface area (Å²) in [6.07, 6.45) is 3.70. The number of ether oxygens (including phenoxy) is 1. The van der Waals surface area contributed by atoms with Crippen LogP contribution in [0.3, 0.4) is 0 Å². The minimum absolute atomic E-state index is 0.0168. The van der Waals surface area contributed by atoms with Gasteiger partial charge in [-0.3, -0.25) is 14.9 Å². The molecule has 0 radical (unpaired) electrons. The Balaban J connectivity index is 1.95. The highest BCUT2D eigenvalue weighted by Gasteiger charge is 2.37. The number of hydrogen-bond acceptors (Lipinski definition) is 7. The summed E-state index contributed by atoms with van der Waals surface area (Å²) < 4.78 is 5.27. The molecule has 1 heterocycles. The summed E-state index contributed by atoms with van der Waals surface area (Å²) in [6, 6.07) is 17.4. The maximum atomic E-state index is 13.4. The molecule has 0 spiro atoms. The number of nitro groups is 1. The monoisotopic (exact) mass is 486 g/mol. The first kappa shape index (κ1) is 25.9. The van der Waals surface area contributed by atoms with Crippen molar-refractivity contribution in [2.24, 2.45) is 0 Å². The van der Waals surface area contributed by atoms with Crippen LogP contribution >= 0.6 is 0 Å². The van der Waals surface area contributed by atoms with Crippen LogP contribution in [0.1, 0.15) is 37.3 Å². The number of dihydropyridines is 1. The van der Waals surface area contributed by atoms with Gasteiger partial charge < -0.3 is 15.4 Å². The molecule has 1 amide bonds. The van der Waals surface area contributed by atoms with Gasteiger partial charge >= 0.3 is 5.97 Å². The smallest absolute Gasteiger partial charge is 0.336 e. The molecule has 1 aliphatic rings. The molecular weight excluding hydrogens is 460 g/mol. The van der Waals surface area contributed by atoms with Gasteiger partial charge in [-0.15, -0.1) is 0 Å². The number of carbonyl (C=O) groups is 2. The van der Waals surface area contributed by atoms with Crippen molar-refractivity contribution in [3.8, 4) is 6.07 Å². The molecule has 0 aliphatic carbocycles. The molecule has 1 unspecified atom stereocenters. The second-order valence-corrected chi connectivity index (χ2v) is 8.05. The lowest BCUT2D eigenvalue weighted by Crippen LogP contribution is -2.36. The molecule has 9 nitrogen and oxygen atoms in total. The minimum Gasteiger partial charge on any atom is -0.461 e. The molecule has 2 aromatic carbocycles. The van der Waals surface area contributed by atoms with E-state index in [1.54, 1.807) is 26.0 Å². The lowest BCUT2D eigenvalue weighted by atomic mass is 9.80. The van der Waals surface area contributed by atoms with Crippen molar-refractivity contribution in [3.63, 3.8) is 0 Å². The standard InChI is InChI=1S/C27H26N4O5/c1-18-23(26(32)29-15-7-11-20-9-4-3-5-10-20)25(21-12-6-13-22(17-21)31(34)35)24(19(2)30-18)27(33)36-16-8-14-28/h3-7,9-13,17,25,30H,8,15-16H2,1-2H3,(H,29,32). The van der Waals surface area contributed by atoms with Gasteiger partial charge in [0.2, 0.25) is 5.91 Å². The highest BCUT2D eigenvalue weighted by Crippen LogP contribution is 2.39. The van der Waals surface area contributed by atoms with E-state index in [9.17, 15) is 19.7 Å². The molecule has 3 rings (SSSR count). The van der Waals surface area contributed by atoms with Gasteiger partial charge in [0.05, 0.1) is 28.9 Å². The fraction of sp³-hybridized carbons (Fsp3) is 0.222. The van der Waals surface area contributed by atoms with E-state index in [2.05, 4.69) is 10.6 Å². The molecule has 0 bridgehead atoms. The SMILES string of the molecule is CC1=C(C(=O)NCC=Cc2ccccc2)C(c2cccc([N+](=O)[O-])c2)C(C(=O)OCCC#N)=C(C)N1. The summed E-state index contributed by atoms with van der Waals surface area (Å²) in [6.45, 7) is 3.51. The van der Waals surface area contributed by atoms with Gasteiger partial charge in [0.15, 0.2) is 0 Å². The van der Waals surface area contributed by atoms with Crippen LogP contribution in [0.5, 0.6) is 0 Å². The van der Waals surface area contributed by atoms with Crippen LogP contribution in [0.25, 0.3) is 6.08 Å². The van der Waals surface area contributed by atoms with Crippen LogP contribution in [-0.4, -0.2) is 30.0 Å². The Hall–Kier alpha value is -4.71. The molecule has 36 heavy (non-hydrogen) atoms. The van der Waals surface area contributed by atoms with Crippen molar-refractivity contribution >= 4 is 23.6 Å². The first-order chi connectivity index (χ1) is 17.3. The third kappa shape index (κ3) is 6.24. The number of rotatable bonds is 9. The fourth-order valence-electron chi connectivity index (χ4n) is 3.99. The van der Waals surface area contributed by atoms with E-state index in [0.29, 0.717) is 17.0 Å². The number of nitriles is 1. The number of non-ortho nitro benzene ring substituents is 1. The molecule has 0 saturated carbocycles. The summed E-state index contributed by atoms with van der Waals surface area (Å²) >= 11 is 0. The van der Waals surface area contributed by atoms with Gasteiger partial charge in [0.25, 0.3) is 5.69 Å². The number of nitrogens with zero attached hydrogens (tertiary/aromatic N) is 2. The number of allylic oxidation sites excluding steroid dienone is 2. The van der Waals surface area contributed by atoms with Crippen molar-refractivity contribution in [2.75, 3.05) is 13.2 Å². The maximum Gasteiger partial charge on any atom is 0.336 e. The summed E-state index contributed by atoms with van der Waals surface area (Å²) in [7, 11) is 0. The summed E-state index contributed by atoms with van der Waals surface area (Å²) in [4.78, 5) is 37.3. The van der Waals surface area contributed by atoms with Gasteiger partial charge in [-0.2, -0.15) is 5.26 Å². The van der Waals surface area contributed by atoms with E-state index in [1.165, 1.54) is 18.2 Å². The quantitative estimate of drug-likeness (QED) is 0.236. The fourth-order valence-corrected chi connectivity index (χ4v) is 3.99. The number of benzene rings is 2. The van der Waals surface area contributed by atoms with E-state index in [0.717, 1.165) is 5.56 Å². The maximum absolute atomic E-state index is 13.4. The molecule has 0 saturated heterocycles. The van der Waals surface area contributed by atoms with Crippen LogP contribution in [-0.2, 0) is 14.3 Å². The zero-order chi connectivity index (χ0) is 26.1. The largest absolute Gasteiger partial charge is 0.461 e. The molecule has 184 valence electrons. The predicted octanol–water partition coefficient (Wildman–Crippen LogP) is 4.12. The van der Waals surface area contributed by atoms with E-state index in [4.69, 9.17) is 10.00 Å². The number of nitrogens with one attached hydrogen (secondary N) is 2. The Morgan fingerprint density at radius 2 is 1.86 bits per heavy atom. The third-order valence-corrected chi connectivity index (χ3v) is 5.58. The lowest BCUT2D eigenvalue weighted by molar-refractivity contribution is -0.384. The molecule has 0 aromatic heterocycles. The van der Waals surface area contributed by atoms with Gasteiger partial charge in [0.1, 0.15) is 6.61 Å². The Morgan fingerprint density at radius 3 is 2.56 bits per heavy atom. The van der Waals surface area contributed by atoms with E-state index in [-0.39, 0.29) is 36.4 Å². The van der Waals surface area contributed by atoms with Crippen LogP contribution in [0, 0.1) is 21.4 Å². The van der Waals surface area contributed by atoms with Crippen LogP contribution < -0.4 is 10.6 Å². The van der Waals surface area contributed by atoms with Gasteiger partial charge in [-0.25, -0.2) is 4.79 Å². The van der Waals surface area contributed by atoms with Crippen molar-refractivity contribution in [3.05, 3.63) is 104 Å². The van der Waals surface area contributed by atoms with Crippen molar-refractivity contribution < 1.29 is 19.2 Å². The van der Waals surface area contributed by atoms with Crippen LogP contribution in [0.2, 0.25) is 0 Å². The minimum atomic E-state index is -0.904. The topological polar surface area (TPSA) is 134 Å². The molecule has 1 atom stereocenters. The van der Waals surface area contributed by atoms with Gasteiger partial charge in [-0.05, 0) is 25.0 Å². The molecule has 9 heteroatoms. The van der Waals surface area contributed by atoms with Gasteiger partial charge in [0, 0.05) is 35.6 Å². The Labute approximate surface area is 208 Å². The predicted molar refractivity (Wildman–Crippen MR) is 134 cm³/mol. The molecule has 0 fully saturated rings. The second kappa shape index (κ2) is 12.1. The lowest BCUT2D eigenvalue weighted by Gasteiger charge is -2.30. The Bertz CT molecular complexity index is 1290. The molecule has 1 aliphatic heterocycles. The summed E-state index contributed by atoms with van der Waals surface area (Å²) in [5.41, 5.74) is 2.61. The number of amides is 1. The van der Waals surface area contributed by atoms with Crippen LogP contribution in [0.4, 0.5) is 5.69 Å². The highest BCUT2D eigenvalue weighted by atomic mass is 16.6. The zero-order valence-corrected chi connectivity index (χ0v) is 20.0. The number of nitro benzene ring substituents is 1. The van der Waals surface area contributed by atoms with E-state index >= 15 is 0 Å². The molecule has 2 N–H and O–H groups in total. The molecule has 2 aromatic rings. The average Bonchev–Trinajstić information content (AvgIpc) is 2.86. The van der Waals surface area contributed by atoms with Crippen molar-refractivity contribution in [1.82, 2.24) is 10.6 Å². The van der Waals surface area contributed by atoms with Crippen molar-refractivity contribution in [2.45, 2.75) is 26.2 Å². The number of carbonyl (C=O) groups excluding carboxylic acids is 2. The highest BCUT2D eigenvalue weighted by molar-refractivity contribution is 6.02. The van der Waals surface area contributed by atoms with Crippen LogP contribution in [0.15, 0.2) is 83.2 Å². The molecular formula is C27H26N4O5. The van der Waals surface area contributed by atoms with E-state index < -0.39 is 22.7 Å². The average molecular weight is 487 g/mol. The van der Waals surface area contributed by atoms with Gasteiger partial charge in [-0.1, -0.05) is 54.6 Å². The van der Waals surface area contributed by atoms with E-state index in [1.807, 2.05) is 42.5 Å². The first-order valence-corrected chi connectivity index (χ1v) is 11.3. The normalized spacial score (nSPS) is 15.3. The second-order valence-electron chi connectivity index (χ2n) is 8.05. The third-order valence-electron chi connectivity index (χ3n) is 5.58. The zero-order valence-electron chi connectivity index (χ0n) is 20.0. The summed E-state index contributed by atoms with van der Waals surface area (Å²) in [5.74, 6) is -2.03. The number of hydrogen-bond donors (Lipinski definition) is 2. The Morgan fingerprint density at radius 1 is 1.14 bits per heavy atom. The first-order valence-electron chi connectivity index (χ1n) is 11.3. The summed E-state index contributed by atoms with van der Waals surface area (Å²) in [5, 5.41) is 26.1. The number of esters is 1. The van der Waals surface area contributed by atoms with Crippen molar-refractivity contribution in [1.29, 1.82) is 5.26 Å².